The van der Waals surface area contributed by atoms with Gasteiger partial charge in [-0.15, -0.1) is 0 Å². The lowest BCUT2D eigenvalue weighted by Gasteiger charge is -2.55. The van der Waals surface area contributed by atoms with Crippen molar-refractivity contribution in [2.75, 3.05) is 0 Å². The minimum Gasteiger partial charge on any atom is -0.299 e. The number of halogens is 1. The lowest BCUT2D eigenvalue weighted by Crippen LogP contribution is -2.50. The van der Waals surface area contributed by atoms with Crippen molar-refractivity contribution < 1.29 is 9.59 Å². The Labute approximate surface area is 152 Å². The monoisotopic (exact) mass is 386 g/mol. The first-order valence-corrected chi connectivity index (χ1v) is 9.85. The summed E-state index contributed by atoms with van der Waals surface area (Å²) in [5, 5.41) is 0. The van der Waals surface area contributed by atoms with Crippen LogP contribution < -0.4 is 0 Å². The molecule has 0 saturated heterocycles. The van der Waals surface area contributed by atoms with Crippen molar-refractivity contribution in [2.45, 2.75) is 51.9 Å². The van der Waals surface area contributed by atoms with Crippen LogP contribution in [0.3, 0.4) is 0 Å². The van der Waals surface area contributed by atoms with Gasteiger partial charge in [-0.05, 0) is 59.9 Å². The molecule has 24 heavy (non-hydrogen) atoms. The van der Waals surface area contributed by atoms with E-state index < -0.39 is 0 Å². The van der Waals surface area contributed by atoms with Crippen molar-refractivity contribution in [1.29, 1.82) is 0 Å². The SMILES string of the molecule is C[C@]12CC[C@H]3[C@@H](C=CC4=CC(=O)CC[C@@]43CC#CBr)[C@@H]1CCC2=O. The summed E-state index contributed by atoms with van der Waals surface area (Å²) >= 11 is 3.24. The van der Waals surface area contributed by atoms with Gasteiger partial charge in [-0.1, -0.05) is 25.0 Å². The van der Waals surface area contributed by atoms with Crippen LogP contribution in [0.1, 0.15) is 51.9 Å². The van der Waals surface area contributed by atoms with Gasteiger partial charge in [-0.25, -0.2) is 0 Å². The molecule has 2 nitrogen and oxygen atoms in total. The molecule has 2 fully saturated rings. The maximum absolute atomic E-state index is 12.5. The highest BCUT2D eigenvalue weighted by molar-refractivity contribution is 9.12. The standard InChI is InChI=1S/C21H23BrO2/c1-20-10-8-18-16(17(20)5-6-19(20)24)4-3-14-13-15(23)7-11-21(14,18)9-2-12-22/h3-4,13,16-18H,5-11H2,1H3/t16-,17-,18-,20-,21-/m0/s1. The molecule has 0 bridgehead atoms. The number of Topliss-reactive ketones (excluding diaryl/α,β-unsaturated/α-hetero) is 1. The van der Waals surface area contributed by atoms with Gasteiger partial charge in [0.05, 0.1) is 0 Å². The second-order valence-electron chi connectivity index (χ2n) is 8.24. The van der Waals surface area contributed by atoms with Crippen molar-refractivity contribution in [3.63, 3.8) is 0 Å². The normalized spacial score (nSPS) is 43.2. The maximum Gasteiger partial charge on any atom is 0.156 e. The Morgan fingerprint density at radius 3 is 2.83 bits per heavy atom. The summed E-state index contributed by atoms with van der Waals surface area (Å²) in [7, 11) is 0. The molecule has 0 heterocycles. The molecule has 5 atom stereocenters. The van der Waals surface area contributed by atoms with E-state index in [-0.39, 0.29) is 16.6 Å². The quantitative estimate of drug-likeness (QED) is 0.617. The van der Waals surface area contributed by atoms with E-state index in [2.05, 4.69) is 45.8 Å². The second kappa shape index (κ2) is 5.70. The molecule has 0 spiro atoms. The smallest absolute Gasteiger partial charge is 0.156 e. The van der Waals surface area contributed by atoms with Crippen LogP contribution in [0, 0.1) is 39.3 Å². The van der Waals surface area contributed by atoms with Gasteiger partial charge in [-0.2, -0.15) is 0 Å². The van der Waals surface area contributed by atoms with E-state index in [1.807, 2.05) is 6.08 Å². The summed E-state index contributed by atoms with van der Waals surface area (Å²) in [6.45, 7) is 2.19. The Balaban J connectivity index is 1.79. The molecular weight excluding hydrogens is 364 g/mol. The van der Waals surface area contributed by atoms with Crippen molar-refractivity contribution in [2.24, 2.45) is 28.6 Å². The fourth-order valence-electron chi connectivity index (χ4n) is 6.10. The molecule has 0 amide bonds. The molecule has 0 aliphatic heterocycles. The Morgan fingerprint density at radius 2 is 2.04 bits per heavy atom. The predicted molar refractivity (Wildman–Crippen MR) is 97.3 cm³/mol. The summed E-state index contributed by atoms with van der Waals surface area (Å²) < 4.78 is 0. The largest absolute Gasteiger partial charge is 0.299 e. The summed E-state index contributed by atoms with van der Waals surface area (Å²) in [6.07, 6.45) is 12.5. The van der Waals surface area contributed by atoms with Crippen LogP contribution in [0.2, 0.25) is 0 Å². The number of carbonyl (C=O) groups excluding carboxylic acids is 2. The number of carbonyl (C=O) groups is 2. The van der Waals surface area contributed by atoms with Crippen molar-refractivity contribution in [1.82, 2.24) is 0 Å². The lowest BCUT2D eigenvalue weighted by molar-refractivity contribution is -0.130. The van der Waals surface area contributed by atoms with Crippen LogP contribution in [0.15, 0.2) is 23.8 Å². The van der Waals surface area contributed by atoms with E-state index >= 15 is 0 Å². The van der Waals surface area contributed by atoms with Gasteiger partial charge in [0, 0.05) is 46.0 Å². The van der Waals surface area contributed by atoms with E-state index in [9.17, 15) is 9.59 Å². The average Bonchev–Trinajstić information content (AvgIpc) is 2.88. The fourth-order valence-corrected chi connectivity index (χ4v) is 6.24. The van der Waals surface area contributed by atoms with Crippen LogP contribution in [0.5, 0.6) is 0 Å². The minimum absolute atomic E-state index is 0.00106. The van der Waals surface area contributed by atoms with Crippen LogP contribution in [-0.2, 0) is 9.59 Å². The zero-order valence-corrected chi connectivity index (χ0v) is 15.7. The molecule has 0 unspecified atom stereocenters. The zero-order chi connectivity index (χ0) is 16.9. The molecule has 4 aliphatic carbocycles. The Hall–Kier alpha value is -1.14. The highest BCUT2D eigenvalue weighted by Crippen LogP contribution is 2.63. The molecule has 0 N–H and O–H groups in total. The molecule has 2 saturated carbocycles. The highest BCUT2D eigenvalue weighted by Gasteiger charge is 2.58. The second-order valence-corrected chi connectivity index (χ2v) is 8.63. The molecule has 4 rings (SSSR count). The van der Waals surface area contributed by atoms with Gasteiger partial charge < -0.3 is 0 Å². The summed E-state index contributed by atoms with van der Waals surface area (Å²) in [5.74, 6) is 5.39. The third kappa shape index (κ3) is 2.15. The van der Waals surface area contributed by atoms with E-state index in [0.29, 0.717) is 30.0 Å². The zero-order valence-electron chi connectivity index (χ0n) is 14.1. The fraction of sp³-hybridized carbons (Fsp3) is 0.619. The van der Waals surface area contributed by atoms with E-state index in [4.69, 9.17) is 0 Å². The Bertz CT molecular complexity index is 722. The van der Waals surface area contributed by atoms with Crippen LogP contribution in [-0.4, -0.2) is 11.6 Å². The van der Waals surface area contributed by atoms with Crippen molar-refractivity contribution in [3.05, 3.63) is 23.8 Å². The third-order valence-electron chi connectivity index (χ3n) is 7.43. The molecule has 3 heteroatoms. The van der Waals surface area contributed by atoms with Crippen molar-refractivity contribution in [3.8, 4) is 10.8 Å². The number of allylic oxidation sites excluding steroid dienone is 4. The number of hydrogen-bond acceptors (Lipinski definition) is 2. The molecule has 0 aromatic heterocycles. The van der Waals surface area contributed by atoms with E-state index in [1.165, 1.54) is 5.57 Å². The first-order chi connectivity index (χ1) is 11.5. The Morgan fingerprint density at radius 1 is 1.21 bits per heavy atom. The van der Waals surface area contributed by atoms with Crippen molar-refractivity contribution >= 4 is 27.5 Å². The summed E-state index contributed by atoms with van der Waals surface area (Å²) in [6, 6.07) is 0. The molecule has 0 aromatic rings. The topological polar surface area (TPSA) is 34.1 Å². The Kier molecular flexibility index (Phi) is 3.88. The number of fused-ring (bicyclic) bond motifs is 5. The van der Waals surface area contributed by atoms with Gasteiger partial charge in [0.2, 0.25) is 0 Å². The lowest BCUT2D eigenvalue weighted by atomic mass is 9.48. The first-order valence-electron chi connectivity index (χ1n) is 9.06. The molecule has 0 aromatic carbocycles. The first kappa shape index (κ1) is 16.3. The van der Waals surface area contributed by atoms with Gasteiger partial charge in [0.25, 0.3) is 0 Å². The van der Waals surface area contributed by atoms with E-state index in [1.54, 1.807) is 0 Å². The molecule has 4 aliphatic rings. The van der Waals surface area contributed by atoms with Gasteiger partial charge in [0.1, 0.15) is 5.78 Å². The van der Waals surface area contributed by atoms with Crippen LogP contribution in [0.25, 0.3) is 0 Å². The minimum atomic E-state index is -0.125. The summed E-state index contributed by atoms with van der Waals surface area (Å²) in [5.41, 5.74) is 1.06. The highest BCUT2D eigenvalue weighted by atomic mass is 79.9. The molecule has 126 valence electrons. The van der Waals surface area contributed by atoms with Gasteiger partial charge in [0.15, 0.2) is 5.78 Å². The van der Waals surface area contributed by atoms with Gasteiger partial charge in [-0.3, -0.25) is 9.59 Å². The van der Waals surface area contributed by atoms with E-state index in [0.717, 1.165) is 38.5 Å². The number of rotatable bonds is 1. The molecule has 0 radical (unpaired) electrons. The number of hydrogen-bond donors (Lipinski definition) is 0. The third-order valence-corrected chi connectivity index (χ3v) is 7.71. The summed E-state index contributed by atoms with van der Waals surface area (Å²) in [4.78, 5) is 27.3. The van der Waals surface area contributed by atoms with Gasteiger partial charge >= 0.3 is 0 Å². The molecular formula is C21H23BrO2. The van der Waals surface area contributed by atoms with Crippen LogP contribution in [0.4, 0.5) is 0 Å². The number of ketones is 2. The van der Waals surface area contributed by atoms with Crippen LogP contribution >= 0.6 is 15.9 Å². The predicted octanol–water partition coefficient (Wildman–Crippen LogP) is 4.59. The average molecular weight is 387 g/mol. The maximum atomic E-state index is 12.5.